The maximum Gasteiger partial charge on any atom is 1.00 e. The summed E-state index contributed by atoms with van der Waals surface area (Å²) in [4.78, 5) is 21.1. The number of hydrogen-bond donors (Lipinski definition) is 2. The van der Waals surface area contributed by atoms with Crippen molar-refractivity contribution in [3.63, 3.8) is 0 Å². The zero-order valence-corrected chi connectivity index (χ0v) is 11.6. The number of hydrogen-bond acceptors (Lipinski definition) is 3. The van der Waals surface area contributed by atoms with Crippen molar-refractivity contribution >= 4 is 11.9 Å². The van der Waals surface area contributed by atoms with Crippen LogP contribution in [0.1, 0.15) is 0 Å². The second kappa shape index (κ2) is 9.98. The number of nitrogens with zero attached hydrogens (tertiary/aromatic N) is 1. The van der Waals surface area contributed by atoms with Crippen LogP contribution in [0.2, 0.25) is 0 Å². The van der Waals surface area contributed by atoms with Crippen LogP contribution in [-0.4, -0.2) is 47.2 Å². The summed E-state index contributed by atoms with van der Waals surface area (Å²) in [5.41, 5.74) is 0. The van der Waals surface area contributed by atoms with E-state index in [1.807, 2.05) is 0 Å². The third-order valence-electron chi connectivity index (χ3n) is 0.810. The summed E-state index contributed by atoms with van der Waals surface area (Å²) in [5.74, 6) is -2.05. The van der Waals surface area contributed by atoms with Gasteiger partial charge in [-0.15, -0.1) is 0 Å². The van der Waals surface area contributed by atoms with E-state index in [4.69, 9.17) is 10.2 Å². The van der Waals surface area contributed by atoms with Gasteiger partial charge in [-0.3, -0.25) is 14.5 Å². The fourth-order valence-corrected chi connectivity index (χ4v) is 0.518. The molecular formula is C5H9NNa2O4+2. The van der Waals surface area contributed by atoms with Crippen LogP contribution in [0.3, 0.4) is 0 Å². The second-order valence-corrected chi connectivity index (χ2v) is 1.96. The van der Waals surface area contributed by atoms with E-state index < -0.39 is 11.9 Å². The Morgan fingerprint density at radius 2 is 1.33 bits per heavy atom. The van der Waals surface area contributed by atoms with Gasteiger partial charge in [-0.2, -0.15) is 0 Å². The van der Waals surface area contributed by atoms with Crippen LogP contribution in [0, 0.1) is 0 Å². The Morgan fingerprint density at radius 3 is 1.50 bits per heavy atom. The molecule has 2 N–H and O–H groups in total. The maximum absolute atomic E-state index is 9.96. The molecule has 0 rings (SSSR count). The molecule has 12 heavy (non-hydrogen) atoms. The van der Waals surface area contributed by atoms with Gasteiger partial charge in [0, 0.05) is 0 Å². The molecule has 0 aliphatic heterocycles. The molecule has 5 nitrogen and oxygen atoms in total. The summed E-state index contributed by atoms with van der Waals surface area (Å²) in [6.45, 7) is -0.488. The molecule has 0 saturated carbocycles. The molecule has 0 aliphatic carbocycles. The Hall–Kier alpha value is 0.900. The Bertz CT molecular complexity index is 136. The molecule has 0 unspecified atom stereocenters. The van der Waals surface area contributed by atoms with Crippen molar-refractivity contribution in [3.8, 4) is 0 Å². The quantitative estimate of drug-likeness (QED) is 0.434. The third-order valence-corrected chi connectivity index (χ3v) is 0.810. The Balaban J connectivity index is -0.000000405. The number of carboxylic acid groups (broad SMARTS) is 2. The topological polar surface area (TPSA) is 77.8 Å². The molecule has 0 aromatic carbocycles. The van der Waals surface area contributed by atoms with E-state index in [0.717, 1.165) is 0 Å². The minimum Gasteiger partial charge on any atom is -0.480 e. The molecule has 0 aromatic heterocycles. The fraction of sp³-hybridized carbons (Fsp3) is 0.600. The molecule has 7 heteroatoms. The van der Waals surface area contributed by atoms with Crippen LogP contribution in [0.15, 0.2) is 0 Å². The minimum absolute atomic E-state index is 0. The second-order valence-electron chi connectivity index (χ2n) is 1.96. The predicted octanol–water partition coefficient (Wildman–Crippen LogP) is -6.90. The van der Waals surface area contributed by atoms with Crippen LogP contribution in [0.25, 0.3) is 0 Å². The van der Waals surface area contributed by atoms with E-state index in [-0.39, 0.29) is 72.2 Å². The van der Waals surface area contributed by atoms with Crippen LogP contribution in [-0.2, 0) is 9.59 Å². The normalized spacial score (nSPS) is 8.17. The molecular weight excluding hydrogens is 184 g/mol. The summed E-state index contributed by atoms with van der Waals surface area (Å²) in [6.07, 6.45) is 0. The zero-order chi connectivity index (χ0) is 8.15. The van der Waals surface area contributed by atoms with Gasteiger partial charge in [0.2, 0.25) is 0 Å². The van der Waals surface area contributed by atoms with Gasteiger partial charge in [0.05, 0.1) is 13.1 Å². The summed E-state index contributed by atoms with van der Waals surface area (Å²) in [6, 6.07) is 0. The number of rotatable bonds is 4. The van der Waals surface area contributed by atoms with Gasteiger partial charge in [0.15, 0.2) is 0 Å². The molecule has 0 amide bonds. The van der Waals surface area contributed by atoms with Crippen molar-refractivity contribution in [3.05, 3.63) is 0 Å². The molecule has 0 fully saturated rings. The first-order valence-corrected chi connectivity index (χ1v) is 2.64. The molecule has 0 heterocycles. The van der Waals surface area contributed by atoms with E-state index in [2.05, 4.69) is 0 Å². The number of carbonyl (C=O) groups is 2. The smallest absolute Gasteiger partial charge is 0.480 e. The summed E-state index contributed by atoms with van der Waals surface area (Å²) < 4.78 is 0. The largest absolute Gasteiger partial charge is 1.00 e. The average Bonchev–Trinajstić information content (AvgIpc) is 1.58. The van der Waals surface area contributed by atoms with Crippen LogP contribution in [0.4, 0.5) is 0 Å². The van der Waals surface area contributed by atoms with Crippen molar-refractivity contribution < 1.29 is 78.9 Å². The van der Waals surface area contributed by atoms with Gasteiger partial charge < -0.3 is 10.2 Å². The summed E-state index contributed by atoms with van der Waals surface area (Å²) in [7, 11) is 1.43. The van der Waals surface area contributed by atoms with Gasteiger partial charge in [-0.1, -0.05) is 0 Å². The Kier molecular flexibility index (Phi) is 15.5. The maximum atomic E-state index is 9.96. The number of likely N-dealkylation sites (N-methyl/N-ethyl adjacent to an activating group) is 1. The van der Waals surface area contributed by atoms with E-state index in [9.17, 15) is 9.59 Å². The molecule has 0 bridgehead atoms. The molecule has 0 aliphatic rings. The van der Waals surface area contributed by atoms with Gasteiger partial charge >= 0.3 is 71.1 Å². The zero-order valence-electron chi connectivity index (χ0n) is 7.57. The predicted molar refractivity (Wildman–Crippen MR) is 32.8 cm³/mol. The number of aliphatic carboxylic acids is 2. The third kappa shape index (κ3) is 13.5. The van der Waals surface area contributed by atoms with Crippen LogP contribution in [0.5, 0.6) is 0 Å². The summed E-state index contributed by atoms with van der Waals surface area (Å²) >= 11 is 0. The van der Waals surface area contributed by atoms with Crippen molar-refractivity contribution in [2.45, 2.75) is 0 Å². The molecule has 0 saturated heterocycles. The monoisotopic (exact) mass is 193 g/mol. The SMILES string of the molecule is CN(CC(=O)O)CC(=O)O.[Na+].[Na+]. The first kappa shape index (κ1) is 18.6. The van der Waals surface area contributed by atoms with E-state index in [1.165, 1.54) is 11.9 Å². The van der Waals surface area contributed by atoms with Crippen molar-refractivity contribution in [2.75, 3.05) is 20.1 Å². The van der Waals surface area contributed by atoms with Gasteiger partial charge in [-0.25, -0.2) is 0 Å². The minimum atomic E-state index is -1.02. The van der Waals surface area contributed by atoms with Gasteiger partial charge in [0.1, 0.15) is 0 Å². The molecule has 0 spiro atoms. The molecule has 0 aromatic rings. The van der Waals surface area contributed by atoms with Crippen molar-refractivity contribution in [1.82, 2.24) is 4.90 Å². The Morgan fingerprint density at radius 1 is 1.08 bits per heavy atom. The van der Waals surface area contributed by atoms with Gasteiger partial charge in [-0.05, 0) is 7.05 Å². The average molecular weight is 193 g/mol. The summed E-state index contributed by atoms with van der Waals surface area (Å²) in [5, 5.41) is 16.3. The molecule has 58 valence electrons. The van der Waals surface area contributed by atoms with Crippen LogP contribution >= 0.6 is 0 Å². The first-order chi connectivity index (χ1) is 4.52. The van der Waals surface area contributed by atoms with Gasteiger partial charge in [0.25, 0.3) is 0 Å². The van der Waals surface area contributed by atoms with E-state index in [0.29, 0.717) is 0 Å². The number of carboxylic acids is 2. The van der Waals surface area contributed by atoms with Crippen molar-refractivity contribution in [1.29, 1.82) is 0 Å². The van der Waals surface area contributed by atoms with Crippen LogP contribution < -0.4 is 59.1 Å². The molecule has 0 radical (unpaired) electrons. The van der Waals surface area contributed by atoms with E-state index in [1.54, 1.807) is 0 Å². The standard InChI is InChI=1S/C5H9NO4.2Na/c1-6(2-4(7)8)3-5(9)10;;/h2-3H2,1H3,(H,7,8)(H,9,10);;/q;2*+1. The fourth-order valence-electron chi connectivity index (χ4n) is 0.518. The van der Waals surface area contributed by atoms with Crippen molar-refractivity contribution in [2.24, 2.45) is 0 Å². The Labute approximate surface area is 115 Å². The first-order valence-electron chi connectivity index (χ1n) is 2.64. The van der Waals surface area contributed by atoms with E-state index >= 15 is 0 Å². The molecule has 0 atom stereocenters.